The van der Waals surface area contributed by atoms with Gasteiger partial charge in [0.25, 0.3) is 5.91 Å². The molecule has 2 aromatic carbocycles. The van der Waals surface area contributed by atoms with Gasteiger partial charge in [0.1, 0.15) is 0 Å². The third kappa shape index (κ3) is 4.38. The number of aromatic nitrogens is 1. The van der Waals surface area contributed by atoms with Gasteiger partial charge in [-0.3, -0.25) is 14.9 Å². The lowest BCUT2D eigenvalue weighted by Crippen LogP contribution is -2.24. The molecule has 5 nitrogen and oxygen atoms in total. The average Bonchev–Trinajstić information content (AvgIpc) is 3.29. The number of nitrogens with one attached hydrogen (secondary N) is 1. The van der Waals surface area contributed by atoms with Gasteiger partial charge in [-0.1, -0.05) is 35.9 Å². The summed E-state index contributed by atoms with van der Waals surface area (Å²) in [4.78, 5) is 32.1. The molecular formula is C23H23N3O2S. The number of aryl methyl sites for hydroxylation is 2. The fourth-order valence-corrected chi connectivity index (χ4v) is 4.43. The van der Waals surface area contributed by atoms with Gasteiger partial charge in [0.15, 0.2) is 5.13 Å². The maximum Gasteiger partial charge on any atom is 0.257 e. The first kappa shape index (κ1) is 19.3. The van der Waals surface area contributed by atoms with E-state index in [9.17, 15) is 9.59 Å². The molecule has 0 spiro atoms. The van der Waals surface area contributed by atoms with Crippen molar-refractivity contribution in [1.29, 1.82) is 0 Å². The van der Waals surface area contributed by atoms with Gasteiger partial charge in [-0.15, -0.1) is 11.3 Å². The van der Waals surface area contributed by atoms with E-state index in [1.807, 2.05) is 19.1 Å². The van der Waals surface area contributed by atoms with E-state index in [0.717, 1.165) is 29.1 Å². The van der Waals surface area contributed by atoms with Crippen molar-refractivity contribution >= 4 is 34.0 Å². The summed E-state index contributed by atoms with van der Waals surface area (Å²) in [7, 11) is 0. The first-order valence-corrected chi connectivity index (χ1v) is 10.5. The summed E-state index contributed by atoms with van der Waals surface area (Å²) in [5.41, 5.74) is 4.69. The molecule has 0 bridgehead atoms. The molecule has 2 amide bonds. The molecular weight excluding hydrogens is 382 g/mol. The zero-order valence-electron chi connectivity index (χ0n) is 16.6. The van der Waals surface area contributed by atoms with Crippen LogP contribution < -0.4 is 10.2 Å². The Bertz CT molecular complexity index is 1060. The SMILES string of the molecule is Cc1ccc(Cc2sc(NC(=O)c3cccc(N4CCCC4=O)c3)nc2C)cc1. The number of rotatable bonds is 5. The van der Waals surface area contributed by atoms with E-state index in [0.29, 0.717) is 23.7 Å². The molecule has 1 N–H and O–H groups in total. The number of thiazole rings is 1. The molecule has 6 heteroatoms. The smallest absolute Gasteiger partial charge is 0.257 e. The summed E-state index contributed by atoms with van der Waals surface area (Å²) in [6, 6.07) is 15.7. The van der Waals surface area contributed by atoms with Crippen molar-refractivity contribution in [3.8, 4) is 0 Å². The predicted octanol–water partition coefficient (Wildman–Crippen LogP) is 4.73. The van der Waals surface area contributed by atoms with Crippen molar-refractivity contribution in [1.82, 2.24) is 4.98 Å². The van der Waals surface area contributed by atoms with Crippen molar-refractivity contribution in [2.24, 2.45) is 0 Å². The monoisotopic (exact) mass is 405 g/mol. The van der Waals surface area contributed by atoms with Crippen molar-refractivity contribution < 1.29 is 9.59 Å². The fourth-order valence-electron chi connectivity index (χ4n) is 3.44. The lowest BCUT2D eigenvalue weighted by atomic mass is 10.1. The lowest BCUT2D eigenvalue weighted by molar-refractivity contribution is -0.117. The molecule has 29 heavy (non-hydrogen) atoms. The molecule has 148 valence electrons. The number of amides is 2. The Balaban J connectivity index is 1.47. The van der Waals surface area contributed by atoms with Crippen molar-refractivity contribution in [2.75, 3.05) is 16.8 Å². The molecule has 1 aliphatic rings. The molecule has 0 atom stereocenters. The van der Waals surface area contributed by atoms with Gasteiger partial charge >= 0.3 is 0 Å². The Labute approximate surface area is 174 Å². The number of hydrogen-bond acceptors (Lipinski definition) is 4. The summed E-state index contributed by atoms with van der Waals surface area (Å²) < 4.78 is 0. The maximum absolute atomic E-state index is 12.7. The van der Waals surface area contributed by atoms with Gasteiger partial charge in [-0.25, -0.2) is 4.98 Å². The highest BCUT2D eigenvalue weighted by molar-refractivity contribution is 7.15. The Hall–Kier alpha value is -2.99. The van der Waals surface area contributed by atoms with Crippen LogP contribution in [0, 0.1) is 13.8 Å². The van der Waals surface area contributed by atoms with E-state index < -0.39 is 0 Å². The van der Waals surface area contributed by atoms with E-state index in [1.54, 1.807) is 17.0 Å². The Kier molecular flexibility index (Phi) is 5.45. The summed E-state index contributed by atoms with van der Waals surface area (Å²) >= 11 is 1.50. The molecule has 1 fully saturated rings. The quantitative estimate of drug-likeness (QED) is 0.667. The predicted molar refractivity (Wildman–Crippen MR) is 117 cm³/mol. The van der Waals surface area contributed by atoms with Crippen molar-refractivity contribution in [3.05, 3.63) is 75.8 Å². The van der Waals surface area contributed by atoms with Gasteiger partial charge in [0.05, 0.1) is 5.69 Å². The van der Waals surface area contributed by atoms with Gasteiger partial charge in [0, 0.05) is 35.5 Å². The molecule has 2 heterocycles. The molecule has 3 aromatic rings. The largest absolute Gasteiger partial charge is 0.312 e. The number of carbonyl (C=O) groups excluding carboxylic acids is 2. The lowest BCUT2D eigenvalue weighted by Gasteiger charge is -2.16. The Morgan fingerprint density at radius 2 is 1.97 bits per heavy atom. The molecule has 0 radical (unpaired) electrons. The summed E-state index contributed by atoms with van der Waals surface area (Å²) in [6.45, 7) is 4.75. The molecule has 0 unspecified atom stereocenters. The third-order valence-electron chi connectivity index (χ3n) is 5.09. The second-order valence-electron chi connectivity index (χ2n) is 7.34. The van der Waals surface area contributed by atoms with Gasteiger partial charge < -0.3 is 4.90 Å². The van der Waals surface area contributed by atoms with Crippen molar-refractivity contribution in [3.63, 3.8) is 0 Å². The number of benzene rings is 2. The van der Waals surface area contributed by atoms with Crippen LogP contribution in [-0.2, 0) is 11.2 Å². The van der Waals surface area contributed by atoms with E-state index in [4.69, 9.17) is 0 Å². The zero-order valence-corrected chi connectivity index (χ0v) is 17.4. The minimum absolute atomic E-state index is 0.110. The fraction of sp³-hybridized carbons (Fsp3) is 0.261. The zero-order chi connectivity index (χ0) is 20.4. The van der Waals surface area contributed by atoms with Gasteiger partial charge in [-0.05, 0) is 44.0 Å². The van der Waals surface area contributed by atoms with Crippen LogP contribution in [0.4, 0.5) is 10.8 Å². The van der Waals surface area contributed by atoms with Crippen LogP contribution in [0.1, 0.15) is 44.9 Å². The summed E-state index contributed by atoms with van der Waals surface area (Å²) in [5.74, 6) is -0.104. The maximum atomic E-state index is 12.7. The second kappa shape index (κ2) is 8.17. The normalized spacial score (nSPS) is 13.7. The average molecular weight is 406 g/mol. The van der Waals surface area contributed by atoms with Crippen LogP contribution in [0.3, 0.4) is 0 Å². The second-order valence-corrected chi connectivity index (χ2v) is 8.43. The van der Waals surface area contributed by atoms with Gasteiger partial charge in [0.2, 0.25) is 5.91 Å². The number of carbonyl (C=O) groups is 2. The first-order chi connectivity index (χ1) is 14.0. The van der Waals surface area contributed by atoms with E-state index in [1.165, 1.54) is 22.5 Å². The van der Waals surface area contributed by atoms with Crippen LogP contribution in [0.2, 0.25) is 0 Å². The highest BCUT2D eigenvalue weighted by atomic mass is 32.1. The van der Waals surface area contributed by atoms with E-state index >= 15 is 0 Å². The molecule has 1 saturated heterocycles. The minimum Gasteiger partial charge on any atom is -0.312 e. The van der Waals surface area contributed by atoms with E-state index in [2.05, 4.69) is 41.5 Å². The minimum atomic E-state index is -0.214. The highest BCUT2D eigenvalue weighted by Gasteiger charge is 2.22. The van der Waals surface area contributed by atoms with Crippen LogP contribution >= 0.6 is 11.3 Å². The topological polar surface area (TPSA) is 62.3 Å². The number of nitrogens with zero attached hydrogens (tertiary/aromatic N) is 2. The molecule has 1 aromatic heterocycles. The summed E-state index contributed by atoms with van der Waals surface area (Å²) in [5, 5.41) is 3.50. The molecule has 0 saturated carbocycles. The first-order valence-electron chi connectivity index (χ1n) is 9.73. The Morgan fingerprint density at radius 3 is 2.69 bits per heavy atom. The third-order valence-corrected chi connectivity index (χ3v) is 6.16. The molecule has 0 aliphatic carbocycles. The van der Waals surface area contributed by atoms with Crippen LogP contribution in [-0.4, -0.2) is 23.3 Å². The van der Waals surface area contributed by atoms with Crippen molar-refractivity contribution in [2.45, 2.75) is 33.1 Å². The Morgan fingerprint density at radius 1 is 1.17 bits per heavy atom. The molecule has 1 aliphatic heterocycles. The number of anilines is 2. The number of hydrogen-bond donors (Lipinski definition) is 1. The van der Waals surface area contributed by atoms with Crippen LogP contribution in [0.5, 0.6) is 0 Å². The van der Waals surface area contributed by atoms with Crippen LogP contribution in [0.25, 0.3) is 0 Å². The molecule has 4 rings (SSSR count). The van der Waals surface area contributed by atoms with Crippen LogP contribution in [0.15, 0.2) is 48.5 Å². The van der Waals surface area contributed by atoms with E-state index in [-0.39, 0.29) is 11.8 Å². The highest BCUT2D eigenvalue weighted by Crippen LogP contribution is 2.27. The standard InChI is InChI=1S/C23H23N3O2S/c1-15-8-10-17(11-9-15)13-20-16(2)24-23(29-20)25-22(28)18-5-3-6-19(14-18)26-12-4-7-21(26)27/h3,5-6,8-11,14H,4,7,12-13H2,1-2H3,(H,24,25,28). The summed E-state index contributed by atoms with van der Waals surface area (Å²) in [6.07, 6.45) is 2.22. The van der Waals surface area contributed by atoms with Gasteiger partial charge in [-0.2, -0.15) is 0 Å².